The molecular formula is C16H18N2O2. The number of nitrogens with zero attached hydrogens (tertiary/aromatic N) is 2. The fourth-order valence-corrected chi connectivity index (χ4v) is 2.49. The highest BCUT2D eigenvalue weighted by Gasteiger charge is 2.13. The van der Waals surface area contributed by atoms with Gasteiger partial charge in [-0.05, 0) is 17.5 Å². The van der Waals surface area contributed by atoms with Crippen LogP contribution in [0.2, 0.25) is 0 Å². The Morgan fingerprint density at radius 3 is 2.90 bits per heavy atom. The van der Waals surface area contributed by atoms with Crippen molar-refractivity contribution in [1.82, 2.24) is 9.88 Å². The van der Waals surface area contributed by atoms with Crippen LogP contribution in [0.5, 0.6) is 0 Å². The summed E-state index contributed by atoms with van der Waals surface area (Å²) in [6.45, 7) is 4.21. The van der Waals surface area contributed by atoms with Crippen molar-refractivity contribution in [1.29, 1.82) is 0 Å². The summed E-state index contributed by atoms with van der Waals surface area (Å²) in [6, 6.07) is 7.78. The second-order valence-electron chi connectivity index (χ2n) is 5.06. The number of benzene rings is 1. The maximum Gasteiger partial charge on any atom is 0.164 e. The van der Waals surface area contributed by atoms with Gasteiger partial charge in [0.15, 0.2) is 5.78 Å². The molecule has 0 N–H and O–H groups in total. The molecule has 4 nitrogen and oxygen atoms in total. The molecule has 0 atom stereocenters. The summed E-state index contributed by atoms with van der Waals surface area (Å²) < 4.78 is 5.31. The van der Waals surface area contributed by atoms with Crippen molar-refractivity contribution in [2.75, 3.05) is 32.8 Å². The van der Waals surface area contributed by atoms with E-state index < -0.39 is 0 Å². The summed E-state index contributed by atoms with van der Waals surface area (Å²) in [6.07, 6.45) is 4.13. The van der Waals surface area contributed by atoms with Crippen LogP contribution in [-0.4, -0.2) is 48.5 Å². The molecule has 0 amide bonds. The lowest BCUT2D eigenvalue weighted by Crippen LogP contribution is -2.37. The predicted molar refractivity (Wildman–Crippen MR) is 77.9 cm³/mol. The third kappa shape index (κ3) is 3.03. The molecule has 2 heterocycles. The Kier molecular flexibility index (Phi) is 4.04. The first-order valence-electron chi connectivity index (χ1n) is 7.00. The molecule has 1 saturated heterocycles. The Morgan fingerprint density at radius 1 is 1.20 bits per heavy atom. The zero-order chi connectivity index (χ0) is 13.8. The summed E-state index contributed by atoms with van der Waals surface area (Å²) in [5.74, 6) is 0.197. The number of ketones is 1. The van der Waals surface area contributed by atoms with Gasteiger partial charge in [0.2, 0.25) is 0 Å². The molecule has 0 saturated carbocycles. The van der Waals surface area contributed by atoms with Crippen molar-refractivity contribution in [3.63, 3.8) is 0 Å². The fourth-order valence-electron chi connectivity index (χ4n) is 2.49. The number of hydrogen-bond donors (Lipinski definition) is 0. The minimum absolute atomic E-state index is 0.197. The first kappa shape index (κ1) is 13.2. The minimum atomic E-state index is 0.197. The van der Waals surface area contributed by atoms with Gasteiger partial charge in [-0.15, -0.1) is 0 Å². The van der Waals surface area contributed by atoms with Gasteiger partial charge in [0.25, 0.3) is 0 Å². The van der Waals surface area contributed by atoms with Crippen LogP contribution in [0.4, 0.5) is 0 Å². The largest absolute Gasteiger partial charge is 0.379 e. The van der Waals surface area contributed by atoms with Gasteiger partial charge in [0.05, 0.1) is 13.2 Å². The zero-order valence-corrected chi connectivity index (χ0v) is 11.4. The number of fused-ring (bicyclic) bond motifs is 1. The molecule has 1 fully saturated rings. The third-order valence-corrected chi connectivity index (χ3v) is 3.72. The van der Waals surface area contributed by atoms with Gasteiger partial charge >= 0.3 is 0 Å². The quantitative estimate of drug-likeness (QED) is 0.798. The third-order valence-electron chi connectivity index (χ3n) is 3.72. The maximum absolute atomic E-state index is 12.3. The van der Waals surface area contributed by atoms with Crippen LogP contribution in [0.25, 0.3) is 10.8 Å². The van der Waals surface area contributed by atoms with Crippen molar-refractivity contribution in [3.8, 4) is 0 Å². The Morgan fingerprint density at radius 2 is 2.05 bits per heavy atom. The lowest BCUT2D eigenvalue weighted by Gasteiger charge is -2.26. The molecule has 0 spiro atoms. The second-order valence-corrected chi connectivity index (χ2v) is 5.06. The van der Waals surface area contributed by atoms with Crippen molar-refractivity contribution in [3.05, 3.63) is 42.2 Å². The Labute approximate surface area is 118 Å². The molecule has 0 bridgehead atoms. The van der Waals surface area contributed by atoms with Crippen LogP contribution in [-0.2, 0) is 4.74 Å². The summed E-state index contributed by atoms with van der Waals surface area (Å²) >= 11 is 0. The molecule has 1 aromatic carbocycles. The standard InChI is InChI=1S/C16H18N2O2/c19-16(4-6-18-7-9-20-10-8-18)14-2-1-13-3-5-17-12-15(13)11-14/h1-3,5,11-12H,4,6-10H2. The SMILES string of the molecule is O=C(CCN1CCOCC1)c1ccc2ccncc2c1. The molecule has 1 aliphatic rings. The van der Waals surface area contributed by atoms with E-state index in [0.29, 0.717) is 6.42 Å². The average Bonchev–Trinajstić information content (AvgIpc) is 2.53. The number of aromatic nitrogens is 1. The fraction of sp³-hybridized carbons (Fsp3) is 0.375. The molecular weight excluding hydrogens is 252 g/mol. The van der Waals surface area contributed by atoms with E-state index in [1.807, 2.05) is 24.3 Å². The van der Waals surface area contributed by atoms with Crippen LogP contribution in [0.15, 0.2) is 36.7 Å². The van der Waals surface area contributed by atoms with E-state index in [4.69, 9.17) is 4.74 Å². The zero-order valence-electron chi connectivity index (χ0n) is 11.4. The molecule has 0 aliphatic carbocycles. The number of hydrogen-bond acceptors (Lipinski definition) is 4. The smallest absolute Gasteiger partial charge is 0.164 e. The van der Waals surface area contributed by atoms with Crippen LogP contribution in [0, 0.1) is 0 Å². The van der Waals surface area contributed by atoms with E-state index in [9.17, 15) is 4.79 Å². The lowest BCUT2D eigenvalue weighted by atomic mass is 10.0. The molecule has 104 valence electrons. The average molecular weight is 270 g/mol. The van der Waals surface area contributed by atoms with Crippen LogP contribution in [0.1, 0.15) is 16.8 Å². The Balaban J connectivity index is 1.65. The van der Waals surface area contributed by atoms with Gasteiger partial charge in [-0.3, -0.25) is 14.7 Å². The van der Waals surface area contributed by atoms with E-state index in [-0.39, 0.29) is 5.78 Å². The number of carbonyl (C=O) groups excluding carboxylic acids is 1. The number of rotatable bonds is 4. The van der Waals surface area contributed by atoms with Gasteiger partial charge in [-0.2, -0.15) is 0 Å². The summed E-state index contributed by atoms with van der Waals surface area (Å²) in [5.41, 5.74) is 0.777. The van der Waals surface area contributed by atoms with Crippen molar-refractivity contribution < 1.29 is 9.53 Å². The van der Waals surface area contributed by atoms with Crippen molar-refractivity contribution >= 4 is 16.6 Å². The summed E-state index contributed by atoms with van der Waals surface area (Å²) in [7, 11) is 0. The number of ether oxygens (including phenoxy) is 1. The van der Waals surface area contributed by atoms with Gasteiger partial charge < -0.3 is 4.74 Å². The van der Waals surface area contributed by atoms with E-state index >= 15 is 0 Å². The molecule has 3 rings (SSSR count). The van der Waals surface area contributed by atoms with Crippen LogP contribution >= 0.6 is 0 Å². The summed E-state index contributed by atoms with van der Waals surface area (Å²) in [5, 5.41) is 2.13. The topological polar surface area (TPSA) is 42.4 Å². The van der Waals surface area contributed by atoms with Crippen LogP contribution in [0.3, 0.4) is 0 Å². The number of morpholine rings is 1. The van der Waals surface area contributed by atoms with Gasteiger partial charge in [-0.1, -0.05) is 12.1 Å². The first-order chi connectivity index (χ1) is 9.83. The predicted octanol–water partition coefficient (Wildman–Crippen LogP) is 2.14. The van der Waals surface area contributed by atoms with Gasteiger partial charge in [0, 0.05) is 49.4 Å². The van der Waals surface area contributed by atoms with Crippen molar-refractivity contribution in [2.45, 2.75) is 6.42 Å². The number of Topliss-reactive ketones (excluding diaryl/α,β-unsaturated/α-hetero) is 1. The van der Waals surface area contributed by atoms with E-state index in [0.717, 1.165) is 49.2 Å². The summed E-state index contributed by atoms with van der Waals surface area (Å²) in [4.78, 5) is 18.6. The molecule has 1 aliphatic heterocycles. The minimum Gasteiger partial charge on any atom is -0.379 e. The Hall–Kier alpha value is -1.78. The number of carbonyl (C=O) groups is 1. The highest BCUT2D eigenvalue weighted by atomic mass is 16.5. The molecule has 2 aromatic rings. The van der Waals surface area contributed by atoms with E-state index in [1.54, 1.807) is 12.4 Å². The normalized spacial score (nSPS) is 16.4. The first-order valence-corrected chi connectivity index (χ1v) is 7.00. The van der Waals surface area contributed by atoms with E-state index in [2.05, 4.69) is 9.88 Å². The molecule has 4 heteroatoms. The second kappa shape index (κ2) is 6.11. The molecule has 0 radical (unpaired) electrons. The lowest BCUT2D eigenvalue weighted by molar-refractivity contribution is 0.0370. The highest BCUT2D eigenvalue weighted by molar-refractivity contribution is 5.99. The molecule has 20 heavy (non-hydrogen) atoms. The van der Waals surface area contributed by atoms with E-state index in [1.165, 1.54) is 0 Å². The highest BCUT2D eigenvalue weighted by Crippen LogP contribution is 2.16. The Bertz CT molecular complexity index is 606. The number of pyridine rings is 1. The monoisotopic (exact) mass is 270 g/mol. The molecule has 0 unspecified atom stereocenters. The van der Waals surface area contributed by atoms with Crippen molar-refractivity contribution in [2.24, 2.45) is 0 Å². The maximum atomic E-state index is 12.3. The molecule has 1 aromatic heterocycles. The van der Waals surface area contributed by atoms with Crippen LogP contribution < -0.4 is 0 Å². The van der Waals surface area contributed by atoms with Gasteiger partial charge in [-0.25, -0.2) is 0 Å². The van der Waals surface area contributed by atoms with Gasteiger partial charge in [0.1, 0.15) is 0 Å².